The fraction of sp³-hybridized carbons (Fsp3) is 0.444. The van der Waals surface area contributed by atoms with Gasteiger partial charge in [-0.2, -0.15) is 0 Å². The van der Waals surface area contributed by atoms with Crippen LogP contribution in [0.25, 0.3) is 6.08 Å². The van der Waals surface area contributed by atoms with Gasteiger partial charge in [0.25, 0.3) is 0 Å². The molecule has 1 aliphatic rings. The van der Waals surface area contributed by atoms with Gasteiger partial charge in [-0.15, -0.1) is 0 Å². The third-order valence-electron chi connectivity index (χ3n) is 6.44. The summed E-state index contributed by atoms with van der Waals surface area (Å²) in [7, 11) is 1.77. The first kappa shape index (κ1) is 26.6. The molecule has 2 unspecified atom stereocenters. The van der Waals surface area contributed by atoms with Gasteiger partial charge in [-0.05, 0) is 73.8 Å². The zero-order valence-corrected chi connectivity index (χ0v) is 22.2. The molecule has 0 bridgehead atoms. The number of rotatable bonds is 11. The molecule has 0 radical (unpaired) electrons. The van der Waals surface area contributed by atoms with E-state index < -0.39 is 28.2 Å². The van der Waals surface area contributed by atoms with Gasteiger partial charge < -0.3 is 15.4 Å². The van der Waals surface area contributed by atoms with Crippen molar-refractivity contribution in [3.63, 3.8) is 0 Å². The Kier molecular flexibility index (Phi) is 9.87. The average Bonchev–Trinajstić information content (AvgIpc) is 2.86. The molecular weight excluding hydrogens is 463 g/mol. The molecule has 2 N–H and O–H groups in total. The number of hydrogen-bond donors (Lipinski definition) is 1. The first-order valence-corrected chi connectivity index (χ1v) is 15.4. The van der Waals surface area contributed by atoms with E-state index in [4.69, 9.17) is 10.5 Å². The lowest BCUT2D eigenvalue weighted by Crippen LogP contribution is -2.51. The van der Waals surface area contributed by atoms with E-state index >= 15 is 0 Å². The minimum Gasteiger partial charge on any atom is -0.381 e. The van der Waals surface area contributed by atoms with Crippen LogP contribution < -0.4 is 15.9 Å². The van der Waals surface area contributed by atoms with E-state index in [2.05, 4.69) is 65.6 Å². The maximum absolute atomic E-state index is 13.3. The number of anilines is 1. The Morgan fingerprint density at radius 1 is 1.09 bits per heavy atom. The van der Waals surface area contributed by atoms with Crippen LogP contribution in [0, 0.1) is 0 Å². The molecule has 1 saturated heterocycles. The number of primary amides is 1. The van der Waals surface area contributed by atoms with Gasteiger partial charge in [0, 0.05) is 40.1 Å². The predicted octanol–water partition coefficient (Wildman–Crippen LogP) is 4.61. The molecule has 0 aliphatic carbocycles. The summed E-state index contributed by atoms with van der Waals surface area (Å²) in [5, 5.41) is 1.05. The van der Waals surface area contributed by atoms with Gasteiger partial charge in [0.15, 0.2) is 0 Å². The molecule has 2 aromatic rings. The Morgan fingerprint density at radius 2 is 1.74 bits per heavy atom. The minimum atomic E-state index is -1.33. The third kappa shape index (κ3) is 6.78. The summed E-state index contributed by atoms with van der Waals surface area (Å²) in [6, 6.07) is 17.0. The quantitative estimate of drug-likeness (QED) is 0.361. The van der Waals surface area contributed by atoms with Crippen LogP contribution in [0.4, 0.5) is 5.69 Å². The first-order chi connectivity index (χ1) is 16.3. The second kappa shape index (κ2) is 12.6. The number of amides is 1. The maximum atomic E-state index is 13.3. The van der Waals surface area contributed by atoms with Gasteiger partial charge in [0.2, 0.25) is 5.91 Å². The highest BCUT2D eigenvalue weighted by molar-refractivity contribution is 8.49. The van der Waals surface area contributed by atoms with Crippen molar-refractivity contribution in [2.75, 3.05) is 38.9 Å². The standard InChI is InChI=1S/C27H37N2O3PS/c1-29(2)24-14-10-22(11-15-24)8-6-4-5-7-9-23-12-16-25(17-13-23)33(3)34(31)27(26(28)30)18-20-32-21-19-27/h6,8,10-17H,4-5,7,9,18-21H2,1-3H3,(H2,28,30)/b8-6-. The molecule has 7 heteroatoms. The topological polar surface area (TPSA) is 72.6 Å². The van der Waals surface area contributed by atoms with Crippen LogP contribution >= 0.6 is 7.12 Å². The fourth-order valence-corrected chi connectivity index (χ4v) is 9.44. The highest BCUT2D eigenvalue weighted by Crippen LogP contribution is 2.45. The highest BCUT2D eigenvalue weighted by Gasteiger charge is 2.46. The van der Waals surface area contributed by atoms with Gasteiger partial charge >= 0.3 is 0 Å². The largest absolute Gasteiger partial charge is 0.381 e. The number of ether oxygens (including phenoxy) is 1. The molecular formula is C27H37N2O3PS. The SMILES string of the molecule is CN(C)c1ccc(/C=C\CCCCc2ccc(P(C)S(=O)C3(C(N)=O)CCOCC3)cc2)cc1. The molecule has 1 aliphatic heterocycles. The smallest absolute Gasteiger partial charge is 0.236 e. The maximum Gasteiger partial charge on any atom is 0.236 e. The van der Waals surface area contributed by atoms with Crippen LogP contribution in [0.5, 0.6) is 0 Å². The van der Waals surface area contributed by atoms with Crippen molar-refractivity contribution in [1.29, 1.82) is 0 Å². The summed E-state index contributed by atoms with van der Waals surface area (Å²) in [4.78, 5) is 14.3. The third-order valence-corrected chi connectivity index (χ3v) is 12.4. The normalized spacial score (nSPS) is 17.4. The van der Waals surface area contributed by atoms with E-state index in [1.54, 1.807) is 0 Å². The second-order valence-electron chi connectivity index (χ2n) is 9.02. The molecule has 0 saturated carbocycles. The Labute approximate surface area is 207 Å². The molecule has 0 aromatic heterocycles. The fourth-order valence-electron chi connectivity index (χ4n) is 4.13. The van der Waals surface area contributed by atoms with Crippen molar-refractivity contribution in [2.45, 2.75) is 43.3 Å². The van der Waals surface area contributed by atoms with E-state index in [9.17, 15) is 9.00 Å². The number of nitrogens with zero attached hydrogens (tertiary/aromatic N) is 1. The minimum absolute atomic E-state index is 0.439. The molecule has 2 aromatic carbocycles. The van der Waals surface area contributed by atoms with Gasteiger partial charge in [-0.25, -0.2) is 0 Å². The van der Waals surface area contributed by atoms with Crippen molar-refractivity contribution >= 4 is 40.5 Å². The van der Waals surface area contributed by atoms with Crippen molar-refractivity contribution in [1.82, 2.24) is 0 Å². The van der Waals surface area contributed by atoms with Gasteiger partial charge in [0.1, 0.15) is 4.75 Å². The molecule has 0 spiro atoms. The van der Waals surface area contributed by atoms with Crippen LogP contribution in [-0.2, 0) is 26.4 Å². The van der Waals surface area contributed by atoms with Gasteiger partial charge in [0.05, 0.1) is 10.4 Å². The summed E-state index contributed by atoms with van der Waals surface area (Å²) in [5.74, 6) is -0.459. The molecule has 3 rings (SSSR count). The number of allylic oxidation sites excluding steroid dienone is 1. The molecule has 184 valence electrons. The summed E-state index contributed by atoms with van der Waals surface area (Å²) in [6.07, 6.45) is 9.67. The average molecular weight is 501 g/mol. The molecule has 2 atom stereocenters. The predicted molar refractivity (Wildman–Crippen MR) is 146 cm³/mol. The van der Waals surface area contributed by atoms with E-state index in [1.807, 2.05) is 20.8 Å². The van der Waals surface area contributed by atoms with E-state index in [0.29, 0.717) is 26.1 Å². The van der Waals surface area contributed by atoms with Crippen LogP contribution in [0.1, 0.15) is 43.2 Å². The van der Waals surface area contributed by atoms with Crippen molar-refractivity contribution in [2.24, 2.45) is 5.73 Å². The van der Waals surface area contributed by atoms with Crippen LogP contribution in [0.15, 0.2) is 54.6 Å². The number of aryl methyl sites for hydroxylation is 1. The van der Waals surface area contributed by atoms with Crippen LogP contribution in [0.3, 0.4) is 0 Å². The number of carbonyl (C=O) groups excluding carboxylic acids is 1. The Balaban J connectivity index is 1.46. The number of carbonyl (C=O) groups is 1. The molecule has 1 heterocycles. The highest BCUT2D eigenvalue weighted by atomic mass is 32.7. The van der Waals surface area contributed by atoms with Crippen LogP contribution in [0.2, 0.25) is 0 Å². The van der Waals surface area contributed by atoms with Crippen LogP contribution in [-0.4, -0.2) is 48.8 Å². The number of benzene rings is 2. The number of unbranched alkanes of at least 4 members (excludes halogenated alkanes) is 2. The van der Waals surface area contributed by atoms with Crippen molar-refractivity contribution in [3.8, 4) is 0 Å². The number of nitrogens with two attached hydrogens (primary N) is 1. The summed E-state index contributed by atoms with van der Waals surface area (Å²) in [6.45, 7) is 2.87. The molecule has 1 amide bonds. The molecule has 34 heavy (non-hydrogen) atoms. The molecule has 5 nitrogen and oxygen atoms in total. The Morgan fingerprint density at radius 3 is 2.32 bits per heavy atom. The van der Waals surface area contributed by atoms with E-state index in [1.165, 1.54) is 16.8 Å². The van der Waals surface area contributed by atoms with Gasteiger partial charge in [-0.3, -0.25) is 9.00 Å². The lowest BCUT2D eigenvalue weighted by Gasteiger charge is -2.35. The van der Waals surface area contributed by atoms with E-state index in [0.717, 1.165) is 31.0 Å². The van der Waals surface area contributed by atoms with Crippen molar-refractivity contribution in [3.05, 3.63) is 65.7 Å². The Bertz CT molecular complexity index is 984. The second-order valence-corrected chi connectivity index (χ2v) is 14.4. The lowest BCUT2D eigenvalue weighted by molar-refractivity contribution is -0.122. The van der Waals surface area contributed by atoms with E-state index in [-0.39, 0.29) is 0 Å². The zero-order chi connectivity index (χ0) is 24.6. The van der Waals surface area contributed by atoms with Gasteiger partial charge in [-0.1, -0.05) is 48.6 Å². The lowest BCUT2D eigenvalue weighted by atomic mass is 9.98. The molecule has 1 fully saturated rings. The first-order valence-electron chi connectivity index (χ1n) is 11.9. The van der Waals surface area contributed by atoms with Crippen molar-refractivity contribution < 1.29 is 13.7 Å². The summed E-state index contributed by atoms with van der Waals surface area (Å²) < 4.78 is 17.8. The monoisotopic (exact) mass is 500 g/mol. The summed E-state index contributed by atoms with van der Waals surface area (Å²) in [5.41, 5.74) is 9.43. The number of hydrogen-bond acceptors (Lipinski definition) is 4. The zero-order valence-electron chi connectivity index (χ0n) is 20.5. The Hall–Kier alpha value is -2.01. The summed E-state index contributed by atoms with van der Waals surface area (Å²) >= 11 is 0.